The van der Waals surface area contributed by atoms with Gasteiger partial charge in [-0.05, 0) is 6.07 Å². The minimum atomic E-state index is -0.993. The number of carbonyl (C=O) groups excluding carboxylic acids is 1. The first-order valence-electron chi connectivity index (χ1n) is 5.15. The number of rotatable bonds is 5. The Balaban J connectivity index is 1.91. The molecule has 2 aromatic rings. The lowest BCUT2D eigenvalue weighted by atomic mass is 10.5. The summed E-state index contributed by atoms with van der Waals surface area (Å²) in [6, 6.07) is 1.72. The largest absolute Gasteiger partial charge is 0.480 e. The predicted molar refractivity (Wildman–Crippen MR) is 60.7 cm³/mol. The Morgan fingerprint density at radius 3 is 2.78 bits per heavy atom. The predicted octanol–water partition coefficient (Wildman–Crippen LogP) is -0.197. The highest BCUT2D eigenvalue weighted by atomic mass is 16.4. The van der Waals surface area contributed by atoms with E-state index < -0.39 is 5.97 Å². The molecule has 0 aromatic carbocycles. The van der Waals surface area contributed by atoms with E-state index in [1.165, 1.54) is 21.8 Å². The van der Waals surface area contributed by atoms with E-state index >= 15 is 0 Å². The number of carbonyl (C=O) groups is 2. The number of anilines is 1. The Kier molecular flexibility index (Phi) is 3.37. The molecule has 8 nitrogen and oxygen atoms in total. The van der Waals surface area contributed by atoms with Crippen molar-refractivity contribution in [2.24, 2.45) is 0 Å². The molecule has 0 unspecified atom stereocenters. The highest BCUT2D eigenvalue weighted by molar-refractivity contribution is 5.90. The molecule has 0 radical (unpaired) electrons. The second kappa shape index (κ2) is 5.13. The normalized spacial score (nSPS) is 10.2. The van der Waals surface area contributed by atoms with E-state index in [4.69, 9.17) is 5.11 Å². The van der Waals surface area contributed by atoms with Gasteiger partial charge < -0.3 is 10.4 Å². The second-order valence-electron chi connectivity index (χ2n) is 3.57. The quantitative estimate of drug-likeness (QED) is 0.764. The van der Waals surface area contributed by atoms with Gasteiger partial charge in [-0.1, -0.05) is 0 Å². The molecule has 2 N–H and O–H groups in total. The molecular formula is C10H11N5O3. The van der Waals surface area contributed by atoms with Gasteiger partial charge in [0.2, 0.25) is 5.91 Å². The van der Waals surface area contributed by atoms with Gasteiger partial charge in [0.1, 0.15) is 13.1 Å². The smallest absolute Gasteiger partial charge is 0.325 e. The van der Waals surface area contributed by atoms with Crippen molar-refractivity contribution in [2.45, 2.75) is 13.1 Å². The van der Waals surface area contributed by atoms with Crippen LogP contribution in [0.25, 0.3) is 0 Å². The zero-order chi connectivity index (χ0) is 13.0. The number of carboxylic acids is 1. The molecule has 2 aromatic heterocycles. The fraction of sp³-hybridized carbons (Fsp3) is 0.200. The monoisotopic (exact) mass is 249 g/mol. The fourth-order valence-electron chi connectivity index (χ4n) is 1.39. The number of carboxylic acid groups (broad SMARTS) is 1. The van der Waals surface area contributed by atoms with Crippen LogP contribution in [0.3, 0.4) is 0 Å². The molecule has 0 aliphatic heterocycles. The maximum absolute atomic E-state index is 11.6. The first kappa shape index (κ1) is 11.8. The van der Waals surface area contributed by atoms with E-state index in [2.05, 4.69) is 15.5 Å². The maximum Gasteiger partial charge on any atom is 0.325 e. The van der Waals surface area contributed by atoms with Gasteiger partial charge in [0.25, 0.3) is 0 Å². The van der Waals surface area contributed by atoms with E-state index in [0.717, 1.165) is 0 Å². The summed E-state index contributed by atoms with van der Waals surface area (Å²) in [6.45, 7) is -0.147. The molecule has 94 valence electrons. The van der Waals surface area contributed by atoms with E-state index in [0.29, 0.717) is 5.69 Å². The van der Waals surface area contributed by atoms with Crippen LogP contribution in [0.5, 0.6) is 0 Å². The molecule has 0 saturated heterocycles. The van der Waals surface area contributed by atoms with Crippen molar-refractivity contribution in [1.82, 2.24) is 19.6 Å². The van der Waals surface area contributed by atoms with Crippen molar-refractivity contribution in [2.75, 3.05) is 5.32 Å². The molecule has 0 aliphatic carbocycles. The van der Waals surface area contributed by atoms with Crippen molar-refractivity contribution in [3.8, 4) is 0 Å². The van der Waals surface area contributed by atoms with Crippen LogP contribution < -0.4 is 5.32 Å². The van der Waals surface area contributed by atoms with E-state index in [9.17, 15) is 9.59 Å². The zero-order valence-electron chi connectivity index (χ0n) is 9.35. The van der Waals surface area contributed by atoms with Crippen LogP contribution in [0, 0.1) is 0 Å². The molecule has 2 rings (SSSR count). The molecule has 18 heavy (non-hydrogen) atoms. The van der Waals surface area contributed by atoms with Gasteiger partial charge in [-0.2, -0.15) is 10.2 Å². The van der Waals surface area contributed by atoms with Crippen LogP contribution in [-0.4, -0.2) is 36.5 Å². The average Bonchev–Trinajstić information content (AvgIpc) is 2.89. The Bertz CT molecular complexity index is 546. The number of aromatic nitrogens is 4. The molecular weight excluding hydrogens is 238 g/mol. The molecule has 8 heteroatoms. The highest BCUT2D eigenvalue weighted by Gasteiger charge is 2.06. The van der Waals surface area contributed by atoms with E-state index in [1.807, 2.05) is 0 Å². The third-order valence-electron chi connectivity index (χ3n) is 2.08. The third kappa shape index (κ3) is 3.17. The van der Waals surface area contributed by atoms with E-state index in [1.54, 1.807) is 18.5 Å². The summed E-state index contributed by atoms with van der Waals surface area (Å²) < 4.78 is 2.71. The van der Waals surface area contributed by atoms with Crippen molar-refractivity contribution in [1.29, 1.82) is 0 Å². The lowest BCUT2D eigenvalue weighted by molar-refractivity contribution is -0.137. The maximum atomic E-state index is 11.6. The number of hydrogen-bond donors (Lipinski definition) is 2. The summed E-state index contributed by atoms with van der Waals surface area (Å²) in [4.78, 5) is 22.0. The SMILES string of the molecule is O=C(O)Cn1cc(NC(=O)Cn2cccn2)cn1. The second-order valence-corrected chi connectivity index (χ2v) is 3.57. The van der Waals surface area contributed by atoms with Crippen LogP contribution in [0.15, 0.2) is 30.9 Å². The number of nitrogens with one attached hydrogen (secondary N) is 1. The minimum absolute atomic E-state index is 0.0944. The lowest BCUT2D eigenvalue weighted by Crippen LogP contribution is -2.18. The summed E-state index contributed by atoms with van der Waals surface area (Å²) in [5, 5.41) is 18.9. The molecule has 0 spiro atoms. The number of nitrogens with zero attached hydrogens (tertiary/aromatic N) is 4. The van der Waals surface area contributed by atoms with Crippen LogP contribution in [-0.2, 0) is 22.7 Å². The average molecular weight is 249 g/mol. The molecule has 0 fully saturated rings. The first-order chi connectivity index (χ1) is 8.63. The summed E-state index contributed by atoms with van der Waals surface area (Å²) >= 11 is 0. The first-order valence-corrected chi connectivity index (χ1v) is 5.15. The van der Waals surface area contributed by atoms with Gasteiger partial charge in [0, 0.05) is 18.6 Å². The van der Waals surface area contributed by atoms with Crippen molar-refractivity contribution < 1.29 is 14.7 Å². The topological polar surface area (TPSA) is 102 Å². The number of hydrogen-bond acceptors (Lipinski definition) is 4. The number of aliphatic carboxylic acids is 1. The Hall–Kier alpha value is -2.64. The van der Waals surface area contributed by atoms with Gasteiger partial charge in [0.15, 0.2) is 0 Å². The van der Waals surface area contributed by atoms with Crippen molar-refractivity contribution >= 4 is 17.6 Å². The third-order valence-corrected chi connectivity index (χ3v) is 2.08. The molecule has 1 amide bonds. The fourth-order valence-corrected chi connectivity index (χ4v) is 1.39. The zero-order valence-corrected chi connectivity index (χ0v) is 9.35. The Morgan fingerprint density at radius 2 is 2.11 bits per heavy atom. The van der Waals surface area contributed by atoms with Gasteiger partial charge in [-0.15, -0.1) is 0 Å². The summed E-state index contributed by atoms with van der Waals surface area (Å²) in [5.74, 6) is -1.25. The molecule has 2 heterocycles. The molecule has 0 saturated carbocycles. The van der Waals surface area contributed by atoms with Crippen molar-refractivity contribution in [3.63, 3.8) is 0 Å². The standard InChI is InChI=1S/C10H11N5O3/c16-9(6-14-3-1-2-11-14)13-8-4-12-15(5-8)7-10(17)18/h1-5H,6-7H2,(H,13,16)(H,17,18). The summed E-state index contributed by atoms with van der Waals surface area (Å²) in [5.41, 5.74) is 0.452. The van der Waals surface area contributed by atoms with Crippen LogP contribution in [0.1, 0.15) is 0 Å². The Morgan fingerprint density at radius 1 is 1.28 bits per heavy atom. The van der Waals surface area contributed by atoms with Crippen LogP contribution >= 0.6 is 0 Å². The van der Waals surface area contributed by atoms with Crippen molar-refractivity contribution in [3.05, 3.63) is 30.9 Å². The minimum Gasteiger partial charge on any atom is -0.480 e. The van der Waals surface area contributed by atoms with E-state index in [-0.39, 0.29) is 19.0 Å². The molecule has 0 bridgehead atoms. The van der Waals surface area contributed by atoms with Gasteiger partial charge >= 0.3 is 5.97 Å². The molecule has 0 atom stereocenters. The lowest BCUT2D eigenvalue weighted by Gasteiger charge is -2.02. The number of amides is 1. The van der Waals surface area contributed by atoms with Gasteiger partial charge in [-0.25, -0.2) is 0 Å². The van der Waals surface area contributed by atoms with Gasteiger partial charge in [0.05, 0.1) is 11.9 Å². The summed E-state index contributed by atoms with van der Waals surface area (Å²) in [6.07, 6.45) is 6.10. The highest BCUT2D eigenvalue weighted by Crippen LogP contribution is 2.04. The summed E-state index contributed by atoms with van der Waals surface area (Å²) in [7, 11) is 0. The van der Waals surface area contributed by atoms with Crippen LogP contribution in [0.2, 0.25) is 0 Å². The Labute approximate surface area is 102 Å². The van der Waals surface area contributed by atoms with Crippen LogP contribution in [0.4, 0.5) is 5.69 Å². The van der Waals surface area contributed by atoms with Gasteiger partial charge in [-0.3, -0.25) is 19.0 Å². The molecule has 0 aliphatic rings.